The van der Waals surface area contributed by atoms with Gasteiger partial charge in [0.2, 0.25) is 0 Å². The molecule has 0 unspecified atom stereocenters. The molecule has 1 amide bonds. The molecule has 8 nitrogen and oxygen atoms in total. The predicted octanol–water partition coefficient (Wildman–Crippen LogP) is 3.78. The molecule has 1 aromatic carbocycles. The van der Waals surface area contributed by atoms with E-state index in [1.165, 1.54) is 6.20 Å². The van der Waals surface area contributed by atoms with Gasteiger partial charge in [0, 0.05) is 11.9 Å². The van der Waals surface area contributed by atoms with Gasteiger partial charge in [0.25, 0.3) is 5.91 Å². The van der Waals surface area contributed by atoms with Gasteiger partial charge in [-0.25, -0.2) is 9.67 Å². The number of amides is 1. The lowest BCUT2D eigenvalue weighted by Crippen LogP contribution is -2.14. The second kappa shape index (κ2) is 6.88. The molecule has 27 heavy (non-hydrogen) atoms. The number of hydrogen-bond acceptors (Lipinski definition) is 6. The van der Waals surface area contributed by atoms with Crippen molar-refractivity contribution in [2.24, 2.45) is 15.4 Å². The Hall–Kier alpha value is -3.13. The number of aryl methyl sites for hydroxylation is 2. The number of anilines is 1. The van der Waals surface area contributed by atoms with Crippen LogP contribution in [0.15, 0.2) is 45.9 Å². The minimum absolute atomic E-state index is 0.301. The van der Waals surface area contributed by atoms with Crippen molar-refractivity contribution in [3.63, 3.8) is 0 Å². The van der Waals surface area contributed by atoms with Crippen LogP contribution in [0.1, 0.15) is 21.6 Å². The van der Waals surface area contributed by atoms with Crippen LogP contribution in [0, 0.1) is 13.8 Å². The molecule has 1 aliphatic rings. The molecule has 0 atom stereocenters. The van der Waals surface area contributed by atoms with Gasteiger partial charge in [0.1, 0.15) is 6.54 Å². The summed E-state index contributed by atoms with van der Waals surface area (Å²) in [5, 5.41) is 19.7. The van der Waals surface area contributed by atoms with E-state index in [2.05, 4.69) is 30.8 Å². The Bertz CT molecular complexity index is 1100. The molecule has 3 heterocycles. The number of fused-ring (bicyclic) bond motifs is 1. The van der Waals surface area contributed by atoms with Crippen LogP contribution in [-0.4, -0.2) is 32.9 Å². The SMILES string of the molecule is Cc1ccc(NC(=O)c2cnc3c(c(C)nn3CC3=NN=NC3)c2Cl)cc1. The highest BCUT2D eigenvalue weighted by atomic mass is 35.5. The van der Waals surface area contributed by atoms with Gasteiger partial charge in [-0.2, -0.15) is 10.2 Å². The monoisotopic (exact) mass is 381 g/mol. The van der Waals surface area contributed by atoms with Crippen LogP contribution in [-0.2, 0) is 6.54 Å². The van der Waals surface area contributed by atoms with E-state index in [0.29, 0.717) is 46.1 Å². The molecule has 0 fully saturated rings. The highest BCUT2D eigenvalue weighted by Crippen LogP contribution is 2.29. The van der Waals surface area contributed by atoms with Gasteiger partial charge >= 0.3 is 0 Å². The zero-order chi connectivity index (χ0) is 19.0. The summed E-state index contributed by atoms with van der Waals surface area (Å²) in [6.45, 7) is 4.69. The van der Waals surface area contributed by atoms with Crippen molar-refractivity contribution in [2.45, 2.75) is 20.4 Å². The number of nitrogens with one attached hydrogen (secondary N) is 1. The van der Waals surface area contributed by atoms with Gasteiger partial charge in [-0.1, -0.05) is 29.3 Å². The summed E-state index contributed by atoms with van der Waals surface area (Å²) in [7, 11) is 0. The second-order valence-corrected chi connectivity index (χ2v) is 6.68. The standard InChI is InChI=1S/C18H16ClN7O/c1-10-3-5-12(6-4-10)22-18(27)14-8-20-17-15(16(14)19)11(2)24-26(17)9-13-7-21-25-23-13/h3-6,8H,7,9H2,1-2H3,(H,22,27). The molecule has 2 aromatic heterocycles. The maximum atomic E-state index is 12.7. The summed E-state index contributed by atoms with van der Waals surface area (Å²) in [6, 6.07) is 7.54. The average molecular weight is 382 g/mol. The summed E-state index contributed by atoms with van der Waals surface area (Å²) in [6.07, 6.45) is 1.47. The van der Waals surface area contributed by atoms with Crippen molar-refractivity contribution in [3.8, 4) is 0 Å². The van der Waals surface area contributed by atoms with Crippen LogP contribution < -0.4 is 5.32 Å². The van der Waals surface area contributed by atoms with Crippen LogP contribution in [0.25, 0.3) is 11.0 Å². The first kappa shape index (κ1) is 17.3. The topological polar surface area (TPSA) is 96.9 Å². The largest absolute Gasteiger partial charge is 0.322 e. The number of hydrogen-bond donors (Lipinski definition) is 1. The lowest BCUT2D eigenvalue weighted by Gasteiger charge is -2.08. The van der Waals surface area contributed by atoms with Gasteiger partial charge in [0.15, 0.2) is 5.65 Å². The summed E-state index contributed by atoms with van der Waals surface area (Å²) < 4.78 is 1.70. The van der Waals surface area contributed by atoms with Gasteiger partial charge in [0.05, 0.1) is 33.9 Å². The zero-order valence-corrected chi connectivity index (χ0v) is 15.5. The van der Waals surface area contributed by atoms with Crippen LogP contribution in [0.5, 0.6) is 0 Å². The third-order valence-corrected chi connectivity index (χ3v) is 4.65. The Kier molecular flexibility index (Phi) is 4.41. The highest BCUT2D eigenvalue weighted by Gasteiger charge is 2.20. The number of benzene rings is 1. The van der Waals surface area contributed by atoms with E-state index in [1.54, 1.807) is 4.68 Å². The Morgan fingerprint density at radius 2 is 2.04 bits per heavy atom. The first-order chi connectivity index (χ1) is 13.0. The van der Waals surface area contributed by atoms with Crippen molar-refractivity contribution >= 4 is 39.9 Å². The number of halogens is 1. The second-order valence-electron chi connectivity index (χ2n) is 6.30. The molecule has 4 rings (SSSR count). The maximum absolute atomic E-state index is 12.7. The number of carbonyl (C=O) groups is 1. The van der Waals surface area contributed by atoms with Gasteiger partial charge in [-0.05, 0) is 31.2 Å². The molecule has 0 radical (unpaired) electrons. The number of carbonyl (C=O) groups excluding carboxylic acids is 1. The van der Waals surface area contributed by atoms with E-state index in [9.17, 15) is 4.79 Å². The van der Waals surface area contributed by atoms with Crippen LogP contribution in [0.4, 0.5) is 5.69 Å². The van der Waals surface area contributed by atoms with Gasteiger partial charge < -0.3 is 5.32 Å². The van der Waals surface area contributed by atoms with E-state index in [0.717, 1.165) is 11.3 Å². The number of nitrogens with zero attached hydrogens (tertiary/aromatic N) is 6. The Labute approximate surface area is 160 Å². The van der Waals surface area contributed by atoms with Crippen LogP contribution >= 0.6 is 11.6 Å². The first-order valence-corrected chi connectivity index (χ1v) is 8.72. The Balaban J connectivity index is 1.66. The summed E-state index contributed by atoms with van der Waals surface area (Å²) in [4.78, 5) is 17.1. The minimum Gasteiger partial charge on any atom is -0.322 e. The molecule has 1 aliphatic heterocycles. The van der Waals surface area contributed by atoms with Crippen LogP contribution in [0.2, 0.25) is 5.02 Å². The van der Waals surface area contributed by atoms with E-state index >= 15 is 0 Å². The van der Waals surface area contributed by atoms with Crippen LogP contribution in [0.3, 0.4) is 0 Å². The fourth-order valence-corrected chi connectivity index (χ4v) is 3.23. The van der Waals surface area contributed by atoms with Crippen molar-refractivity contribution in [3.05, 3.63) is 52.3 Å². The lowest BCUT2D eigenvalue weighted by atomic mass is 10.2. The van der Waals surface area contributed by atoms with E-state index < -0.39 is 0 Å². The number of aromatic nitrogens is 3. The van der Waals surface area contributed by atoms with Crippen molar-refractivity contribution in [1.29, 1.82) is 0 Å². The van der Waals surface area contributed by atoms with Crippen molar-refractivity contribution in [2.75, 3.05) is 11.9 Å². The molecule has 0 saturated carbocycles. The lowest BCUT2D eigenvalue weighted by molar-refractivity contribution is 0.102. The fraction of sp³-hybridized carbons (Fsp3) is 0.222. The average Bonchev–Trinajstić information content (AvgIpc) is 3.26. The Morgan fingerprint density at radius 1 is 1.26 bits per heavy atom. The molecule has 9 heteroatoms. The molecule has 0 aliphatic carbocycles. The van der Waals surface area contributed by atoms with E-state index in [-0.39, 0.29) is 5.91 Å². The third kappa shape index (κ3) is 3.31. The van der Waals surface area contributed by atoms with E-state index in [4.69, 9.17) is 11.6 Å². The summed E-state index contributed by atoms with van der Waals surface area (Å²) in [5.41, 5.74) is 4.19. The minimum atomic E-state index is -0.317. The quantitative estimate of drug-likeness (QED) is 0.744. The summed E-state index contributed by atoms with van der Waals surface area (Å²) in [5.74, 6) is -0.317. The third-order valence-electron chi connectivity index (χ3n) is 4.26. The fourth-order valence-electron chi connectivity index (χ4n) is 2.87. The molecule has 0 saturated heterocycles. The Morgan fingerprint density at radius 3 is 2.74 bits per heavy atom. The van der Waals surface area contributed by atoms with Crippen molar-refractivity contribution < 1.29 is 4.79 Å². The molecule has 1 N–H and O–H groups in total. The molecular weight excluding hydrogens is 366 g/mol. The summed E-state index contributed by atoms with van der Waals surface area (Å²) >= 11 is 6.54. The first-order valence-electron chi connectivity index (χ1n) is 8.35. The number of pyridine rings is 1. The van der Waals surface area contributed by atoms with Gasteiger partial charge in [-0.3, -0.25) is 4.79 Å². The molecule has 136 valence electrons. The maximum Gasteiger partial charge on any atom is 0.258 e. The number of rotatable bonds is 4. The van der Waals surface area contributed by atoms with Crippen molar-refractivity contribution in [1.82, 2.24) is 14.8 Å². The molecule has 3 aromatic rings. The highest BCUT2D eigenvalue weighted by molar-refractivity contribution is 6.39. The molecule has 0 spiro atoms. The zero-order valence-electron chi connectivity index (χ0n) is 14.8. The smallest absolute Gasteiger partial charge is 0.258 e. The normalized spacial score (nSPS) is 13.2. The van der Waals surface area contributed by atoms with Gasteiger partial charge in [-0.15, -0.1) is 5.10 Å². The molecule has 0 bridgehead atoms. The van der Waals surface area contributed by atoms with E-state index in [1.807, 2.05) is 38.1 Å². The predicted molar refractivity (Wildman–Crippen MR) is 104 cm³/mol. The molecular formula is C18H16ClN7O.